The first-order valence-corrected chi connectivity index (χ1v) is 12.2. The number of piperazine rings is 1. The van der Waals surface area contributed by atoms with Crippen LogP contribution in [-0.4, -0.2) is 42.0 Å². The van der Waals surface area contributed by atoms with Crippen molar-refractivity contribution in [3.8, 4) is 11.3 Å². The quantitative estimate of drug-likeness (QED) is 0.708. The first-order valence-electron chi connectivity index (χ1n) is 11.3. The summed E-state index contributed by atoms with van der Waals surface area (Å²) in [5.74, 6) is 2.64. The Labute approximate surface area is 181 Å². The molecule has 0 spiro atoms. The van der Waals surface area contributed by atoms with Gasteiger partial charge in [0.05, 0.1) is 11.1 Å². The van der Waals surface area contributed by atoms with Gasteiger partial charge in [-0.3, -0.25) is 4.79 Å². The molecule has 4 saturated carbocycles. The van der Waals surface area contributed by atoms with Gasteiger partial charge in [0.2, 0.25) is 5.91 Å². The molecule has 0 atom stereocenters. The summed E-state index contributed by atoms with van der Waals surface area (Å²) in [6.07, 6.45) is 7.56. The Morgan fingerprint density at radius 1 is 0.967 bits per heavy atom. The number of nitrogens with zero attached hydrogens (tertiary/aromatic N) is 3. The van der Waals surface area contributed by atoms with Gasteiger partial charge in [-0.2, -0.15) is 0 Å². The van der Waals surface area contributed by atoms with Crippen molar-refractivity contribution in [3.05, 3.63) is 35.5 Å². The Morgan fingerprint density at radius 3 is 2.17 bits per heavy atom. The van der Waals surface area contributed by atoms with Gasteiger partial charge in [0, 0.05) is 37.1 Å². The molecule has 2 aromatic rings. The first-order chi connectivity index (χ1) is 14.6. The number of halogens is 1. The molecule has 4 bridgehead atoms. The number of hydrogen-bond donors (Lipinski definition) is 0. The van der Waals surface area contributed by atoms with Gasteiger partial charge in [0.1, 0.15) is 5.82 Å². The van der Waals surface area contributed by atoms with Crippen LogP contribution in [0.4, 0.5) is 9.52 Å². The van der Waals surface area contributed by atoms with Crippen LogP contribution in [0.15, 0.2) is 29.6 Å². The zero-order chi connectivity index (χ0) is 20.3. The Bertz CT molecular complexity index is 912. The summed E-state index contributed by atoms with van der Waals surface area (Å²) >= 11 is 1.63. The maximum absolute atomic E-state index is 13.6. The predicted molar refractivity (Wildman–Crippen MR) is 117 cm³/mol. The van der Waals surface area contributed by atoms with E-state index in [0.29, 0.717) is 5.91 Å². The van der Waals surface area contributed by atoms with E-state index < -0.39 is 0 Å². The standard InChI is InChI=1S/C24H28FN3OS/c25-20-3-1-19(2-4-20)21-15-30-23(26-21)28-7-5-27(6-8-28)22(29)24-12-16-9-17(13-24)11-18(10-16)14-24/h1-4,15-18H,5-14H2. The number of carbonyl (C=O) groups excluding carboxylic acids is 1. The largest absolute Gasteiger partial charge is 0.345 e. The predicted octanol–water partition coefficient (Wildman–Crippen LogP) is 4.81. The highest BCUT2D eigenvalue weighted by Gasteiger charge is 2.55. The number of hydrogen-bond acceptors (Lipinski definition) is 4. The van der Waals surface area contributed by atoms with Crippen molar-refractivity contribution in [1.82, 2.24) is 9.88 Å². The van der Waals surface area contributed by atoms with E-state index in [1.54, 1.807) is 23.5 Å². The Balaban J connectivity index is 1.12. The van der Waals surface area contributed by atoms with Crippen LogP contribution in [0.5, 0.6) is 0 Å². The summed E-state index contributed by atoms with van der Waals surface area (Å²) in [6.45, 7) is 3.28. The molecule has 5 aliphatic rings. The summed E-state index contributed by atoms with van der Waals surface area (Å²) in [7, 11) is 0. The lowest BCUT2D eigenvalue weighted by Gasteiger charge is -2.57. The van der Waals surface area contributed by atoms with Crippen LogP contribution in [0.3, 0.4) is 0 Å². The number of amides is 1. The number of benzene rings is 1. The lowest BCUT2D eigenvalue weighted by molar-refractivity contribution is -0.158. The highest BCUT2D eigenvalue weighted by atomic mass is 32.1. The third-order valence-corrected chi connectivity index (χ3v) is 8.86. The number of rotatable bonds is 3. The van der Waals surface area contributed by atoms with Crippen LogP contribution >= 0.6 is 11.3 Å². The van der Waals surface area contributed by atoms with Crippen molar-refractivity contribution in [2.75, 3.05) is 31.1 Å². The molecule has 1 aromatic carbocycles. The van der Waals surface area contributed by atoms with E-state index in [9.17, 15) is 9.18 Å². The summed E-state index contributed by atoms with van der Waals surface area (Å²) in [5.41, 5.74) is 1.80. The van der Waals surface area contributed by atoms with Gasteiger partial charge in [-0.05, 0) is 80.5 Å². The fourth-order valence-corrected chi connectivity index (χ4v) is 7.86. The monoisotopic (exact) mass is 425 g/mol. The van der Waals surface area contributed by atoms with Crippen LogP contribution in [0.25, 0.3) is 11.3 Å². The number of aromatic nitrogens is 1. The van der Waals surface area contributed by atoms with Gasteiger partial charge in [-0.1, -0.05) is 0 Å². The normalized spacial score (nSPS) is 32.6. The van der Waals surface area contributed by atoms with Gasteiger partial charge >= 0.3 is 0 Å². The minimum Gasteiger partial charge on any atom is -0.345 e. The molecule has 2 heterocycles. The van der Waals surface area contributed by atoms with Crippen molar-refractivity contribution in [2.45, 2.75) is 38.5 Å². The smallest absolute Gasteiger partial charge is 0.228 e. The van der Waals surface area contributed by atoms with Crippen molar-refractivity contribution >= 4 is 22.4 Å². The Hall–Kier alpha value is -1.95. The highest BCUT2D eigenvalue weighted by molar-refractivity contribution is 7.14. The van der Waals surface area contributed by atoms with E-state index in [2.05, 4.69) is 9.80 Å². The molecule has 4 nitrogen and oxygen atoms in total. The summed E-state index contributed by atoms with van der Waals surface area (Å²) in [6, 6.07) is 6.50. The summed E-state index contributed by atoms with van der Waals surface area (Å²) in [4.78, 5) is 22.8. The number of anilines is 1. The zero-order valence-electron chi connectivity index (χ0n) is 17.2. The van der Waals surface area contributed by atoms with Gasteiger partial charge in [0.15, 0.2) is 5.13 Å². The second-order valence-corrected chi connectivity index (χ2v) is 10.8. The molecule has 0 N–H and O–H groups in total. The fourth-order valence-electron chi connectivity index (χ4n) is 6.97. The number of carbonyl (C=O) groups is 1. The molecule has 0 radical (unpaired) electrons. The minimum absolute atomic E-state index is 0.0339. The maximum atomic E-state index is 13.6. The SMILES string of the molecule is O=C(N1CCN(c2nc(-c3ccc(F)cc3)cs2)CC1)C12CC3CC(CC(C3)C1)C2. The van der Waals surface area contributed by atoms with Gasteiger partial charge in [-0.15, -0.1) is 11.3 Å². The topological polar surface area (TPSA) is 36.4 Å². The Morgan fingerprint density at radius 2 is 1.57 bits per heavy atom. The molecule has 4 aliphatic carbocycles. The molecule has 158 valence electrons. The average molecular weight is 426 g/mol. The lowest BCUT2D eigenvalue weighted by atomic mass is 9.49. The second-order valence-electron chi connectivity index (χ2n) is 10.00. The lowest BCUT2D eigenvalue weighted by Crippen LogP contribution is -2.58. The van der Waals surface area contributed by atoms with Crippen LogP contribution in [-0.2, 0) is 4.79 Å². The third kappa shape index (κ3) is 3.15. The number of thiazole rings is 1. The highest BCUT2D eigenvalue weighted by Crippen LogP contribution is 2.60. The molecule has 5 fully saturated rings. The molecule has 30 heavy (non-hydrogen) atoms. The van der Waals surface area contributed by atoms with Gasteiger partial charge in [0.25, 0.3) is 0 Å². The molecular weight excluding hydrogens is 397 g/mol. The van der Waals surface area contributed by atoms with Crippen LogP contribution in [0.2, 0.25) is 0 Å². The Kier molecular flexibility index (Phi) is 4.41. The molecule has 1 aromatic heterocycles. The molecule has 6 heteroatoms. The van der Waals surface area contributed by atoms with Crippen molar-refractivity contribution in [2.24, 2.45) is 23.2 Å². The van der Waals surface area contributed by atoms with E-state index in [1.807, 2.05) is 5.38 Å². The second kappa shape index (κ2) is 7.04. The molecule has 0 unspecified atom stereocenters. The first kappa shape index (κ1) is 18.8. The molecule has 1 aliphatic heterocycles. The van der Waals surface area contributed by atoms with Gasteiger partial charge in [-0.25, -0.2) is 9.37 Å². The van der Waals surface area contributed by atoms with Crippen LogP contribution in [0, 0.1) is 29.0 Å². The van der Waals surface area contributed by atoms with Crippen molar-refractivity contribution < 1.29 is 9.18 Å². The third-order valence-electron chi connectivity index (χ3n) is 7.96. The van der Waals surface area contributed by atoms with E-state index >= 15 is 0 Å². The maximum Gasteiger partial charge on any atom is 0.228 e. The fraction of sp³-hybridized carbons (Fsp3) is 0.583. The minimum atomic E-state index is -0.228. The van der Waals surface area contributed by atoms with Crippen molar-refractivity contribution in [1.29, 1.82) is 0 Å². The molecule has 1 amide bonds. The van der Waals surface area contributed by atoms with E-state index in [4.69, 9.17) is 4.98 Å². The van der Waals surface area contributed by atoms with E-state index in [-0.39, 0.29) is 11.2 Å². The summed E-state index contributed by atoms with van der Waals surface area (Å²) < 4.78 is 13.2. The van der Waals surface area contributed by atoms with E-state index in [0.717, 1.165) is 79.6 Å². The van der Waals surface area contributed by atoms with E-state index in [1.165, 1.54) is 31.4 Å². The van der Waals surface area contributed by atoms with Crippen molar-refractivity contribution in [3.63, 3.8) is 0 Å². The molecule has 7 rings (SSSR count). The average Bonchev–Trinajstić information content (AvgIpc) is 3.23. The van der Waals surface area contributed by atoms with Crippen LogP contribution < -0.4 is 4.90 Å². The summed E-state index contributed by atoms with van der Waals surface area (Å²) in [5, 5.41) is 3.03. The van der Waals surface area contributed by atoms with Gasteiger partial charge < -0.3 is 9.80 Å². The zero-order valence-corrected chi connectivity index (χ0v) is 18.0. The van der Waals surface area contributed by atoms with Crippen LogP contribution in [0.1, 0.15) is 38.5 Å². The molecular formula is C24H28FN3OS. The molecule has 1 saturated heterocycles.